The summed E-state index contributed by atoms with van der Waals surface area (Å²) >= 11 is 0. The lowest BCUT2D eigenvalue weighted by Crippen LogP contribution is -2.47. The van der Waals surface area contributed by atoms with Gasteiger partial charge in [0.2, 0.25) is 0 Å². The van der Waals surface area contributed by atoms with E-state index in [2.05, 4.69) is 29.5 Å². The molecule has 0 atom stereocenters. The molecule has 0 saturated heterocycles. The first kappa shape index (κ1) is 22.9. The topological polar surface area (TPSA) is 54.9 Å². The number of rotatable bonds is 11. The zero-order chi connectivity index (χ0) is 16.3. The van der Waals surface area contributed by atoms with Gasteiger partial charge in [-0.2, -0.15) is 0 Å². The number of halogens is 1. The summed E-state index contributed by atoms with van der Waals surface area (Å²) in [6, 6.07) is 0. The molecule has 5 nitrogen and oxygen atoms in total. The molecule has 138 valence electrons. The number of ether oxygens (including phenoxy) is 2. The number of hydrogen-bond donors (Lipinski definition) is 2. The van der Waals surface area contributed by atoms with Crippen molar-refractivity contribution in [2.45, 2.75) is 46.0 Å². The summed E-state index contributed by atoms with van der Waals surface area (Å²) in [6.45, 7) is 8.71. The highest BCUT2D eigenvalue weighted by molar-refractivity contribution is 14.0. The van der Waals surface area contributed by atoms with Crippen LogP contribution in [0.1, 0.15) is 46.0 Å². The fourth-order valence-electron chi connectivity index (χ4n) is 2.70. The fourth-order valence-corrected chi connectivity index (χ4v) is 2.70. The van der Waals surface area contributed by atoms with Gasteiger partial charge in [-0.1, -0.05) is 20.3 Å². The Morgan fingerprint density at radius 1 is 1.22 bits per heavy atom. The van der Waals surface area contributed by atoms with E-state index in [4.69, 9.17) is 9.47 Å². The second-order valence-corrected chi connectivity index (χ2v) is 6.77. The Kier molecular flexibility index (Phi) is 13.2. The Hall–Kier alpha value is -0.0800. The number of hydrogen-bond acceptors (Lipinski definition) is 3. The van der Waals surface area contributed by atoms with Crippen molar-refractivity contribution >= 4 is 29.9 Å². The molecule has 0 aromatic rings. The minimum atomic E-state index is 0. The van der Waals surface area contributed by atoms with Crippen LogP contribution < -0.4 is 10.6 Å². The van der Waals surface area contributed by atoms with E-state index in [0.29, 0.717) is 11.3 Å². The molecule has 1 aliphatic rings. The standard InChI is InChI=1S/C17H35N3O2.HI/c1-15(2)13-22-11-6-10-19-16(18-3)20-14-17(7-5-8-17)9-12-21-4;/h15H,5-14H2,1-4H3,(H2,18,19,20);1H. The summed E-state index contributed by atoms with van der Waals surface area (Å²) in [4.78, 5) is 4.30. The number of methoxy groups -OCH3 is 1. The maximum Gasteiger partial charge on any atom is 0.190 e. The van der Waals surface area contributed by atoms with Gasteiger partial charge in [0, 0.05) is 47.1 Å². The summed E-state index contributed by atoms with van der Waals surface area (Å²) in [6.07, 6.45) is 6.07. The molecule has 0 heterocycles. The Morgan fingerprint density at radius 2 is 1.96 bits per heavy atom. The maximum atomic E-state index is 5.58. The number of nitrogens with one attached hydrogen (secondary N) is 2. The van der Waals surface area contributed by atoms with E-state index in [0.717, 1.165) is 51.7 Å². The summed E-state index contributed by atoms with van der Waals surface area (Å²) < 4.78 is 10.8. The third-order valence-corrected chi connectivity index (χ3v) is 4.31. The summed E-state index contributed by atoms with van der Waals surface area (Å²) in [5.41, 5.74) is 0.411. The third kappa shape index (κ3) is 9.72. The molecule has 0 radical (unpaired) electrons. The lowest BCUT2D eigenvalue weighted by Gasteiger charge is -2.42. The molecule has 23 heavy (non-hydrogen) atoms. The van der Waals surface area contributed by atoms with Gasteiger partial charge < -0.3 is 20.1 Å². The summed E-state index contributed by atoms with van der Waals surface area (Å²) in [5, 5.41) is 6.83. The van der Waals surface area contributed by atoms with Gasteiger partial charge >= 0.3 is 0 Å². The normalized spacial score (nSPS) is 16.7. The number of guanidine groups is 1. The van der Waals surface area contributed by atoms with Gasteiger partial charge in [0.1, 0.15) is 0 Å². The molecule has 1 rings (SSSR count). The zero-order valence-electron chi connectivity index (χ0n) is 15.3. The van der Waals surface area contributed by atoms with Crippen LogP contribution in [0.4, 0.5) is 0 Å². The van der Waals surface area contributed by atoms with Crippen LogP contribution in [-0.4, -0.2) is 53.0 Å². The van der Waals surface area contributed by atoms with Crippen LogP contribution in [0, 0.1) is 11.3 Å². The quantitative estimate of drug-likeness (QED) is 0.224. The van der Waals surface area contributed by atoms with Crippen molar-refractivity contribution in [2.75, 3.05) is 47.1 Å². The third-order valence-electron chi connectivity index (χ3n) is 4.31. The van der Waals surface area contributed by atoms with Gasteiger partial charge in [-0.15, -0.1) is 24.0 Å². The molecule has 1 fully saturated rings. The van der Waals surface area contributed by atoms with E-state index in [1.807, 2.05) is 7.05 Å². The molecule has 0 aromatic heterocycles. The van der Waals surface area contributed by atoms with E-state index in [-0.39, 0.29) is 24.0 Å². The van der Waals surface area contributed by atoms with E-state index in [1.165, 1.54) is 19.3 Å². The first-order valence-corrected chi connectivity index (χ1v) is 8.63. The Bertz CT molecular complexity index is 321. The second-order valence-electron chi connectivity index (χ2n) is 6.77. The molecular weight excluding hydrogens is 405 g/mol. The Morgan fingerprint density at radius 3 is 2.48 bits per heavy atom. The summed E-state index contributed by atoms with van der Waals surface area (Å²) in [7, 11) is 3.61. The number of aliphatic imine (C=N–C) groups is 1. The first-order chi connectivity index (χ1) is 10.6. The van der Waals surface area contributed by atoms with Gasteiger partial charge in [0.15, 0.2) is 5.96 Å². The van der Waals surface area contributed by atoms with Crippen molar-refractivity contribution in [1.29, 1.82) is 0 Å². The molecule has 2 N–H and O–H groups in total. The Balaban J connectivity index is 0.00000484. The zero-order valence-corrected chi connectivity index (χ0v) is 17.7. The second kappa shape index (κ2) is 13.2. The highest BCUT2D eigenvalue weighted by Gasteiger charge is 2.36. The molecule has 0 amide bonds. The van der Waals surface area contributed by atoms with Crippen LogP contribution in [0.2, 0.25) is 0 Å². The minimum Gasteiger partial charge on any atom is -0.385 e. The van der Waals surface area contributed by atoms with Crippen LogP contribution >= 0.6 is 24.0 Å². The fraction of sp³-hybridized carbons (Fsp3) is 0.941. The van der Waals surface area contributed by atoms with Crippen LogP contribution in [0.5, 0.6) is 0 Å². The van der Waals surface area contributed by atoms with E-state index in [9.17, 15) is 0 Å². The van der Waals surface area contributed by atoms with Crippen molar-refractivity contribution < 1.29 is 9.47 Å². The monoisotopic (exact) mass is 441 g/mol. The SMILES string of the molecule is CN=C(NCCCOCC(C)C)NCC1(CCOC)CCC1.I. The minimum absolute atomic E-state index is 0. The predicted molar refractivity (Wildman–Crippen MR) is 108 cm³/mol. The predicted octanol–water partition coefficient (Wildman–Crippen LogP) is 3.04. The molecule has 0 bridgehead atoms. The van der Waals surface area contributed by atoms with Gasteiger partial charge in [-0.25, -0.2) is 0 Å². The summed E-state index contributed by atoms with van der Waals surface area (Å²) in [5.74, 6) is 1.50. The molecule has 1 aliphatic carbocycles. The average Bonchev–Trinajstić information content (AvgIpc) is 2.46. The van der Waals surface area contributed by atoms with Crippen LogP contribution in [0.25, 0.3) is 0 Å². The van der Waals surface area contributed by atoms with Crippen molar-refractivity contribution in [1.82, 2.24) is 10.6 Å². The molecule has 0 spiro atoms. The molecule has 1 saturated carbocycles. The smallest absolute Gasteiger partial charge is 0.190 e. The average molecular weight is 441 g/mol. The molecular formula is C17H36IN3O2. The van der Waals surface area contributed by atoms with Crippen LogP contribution in [-0.2, 0) is 9.47 Å². The van der Waals surface area contributed by atoms with Gasteiger partial charge in [-0.05, 0) is 37.0 Å². The van der Waals surface area contributed by atoms with Crippen molar-refractivity contribution in [3.8, 4) is 0 Å². The van der Waals surface area contributed by atoms with Crippen molar-refractivity contribution in [2.24, 2.45) is 16.3 Å². The first-order valence-electron chi connectivity index (χ1n) is 8.63. The molecule has 6 heteroatoms. The van der Waals surface area contributed by atoms with Gasteiger partial charge in [-0.3, -0.25) is 4.99 Å². The number of nitrogens with zero attached hydrogens (tertiary/aromatic N) is 1. The van der Waals surface area contributed by atoms with Gasteiger partial charge in [0.05, 0.1) is 0 Å². The van der Waals surface area contributed by atoms with Gasteiger partial charge in [0.25, 0.3) is 0 Å². The van der Waals surface area contributed by atoms with E-state index in [1.54, 1.807) is 7.11 Å². The van der Waals surface area contributed by atoms with E-state index >= 15 is 0 Å². The highest BCUT2D eigenvalue weighted by Crippen LogP contribution is 2.43. The highest BCUT2D eigenvalue weighted by atomic mass is 127. The van der Waals surface area contributed by atoms with Crippen LogP contribution in [0.3, 0.4) is 0 Å². The largest absolute Gasteiger partial charge is 0.385 e. The molecule has 0 aliphatic heterocycles. The molecule has 0 unspecified atom stereocenters. The molecule has 0 aromatic carbocycles. The van der Waals surface area contributed by atoms with E-state index < -0.39 is 0 Å². The maximum absolute atomic E-state index is 5.58. The van der Waals surface area contributed by atoms with Crippen molar-refractivity contribution in [3.05, 3.63) is 0 Å². The van der Waals surface area contributed by atoms with Crippen molar-refractivity contribution in [3.63, 3.8) is 0 Å². The Labute approximate surface area is 159 Å². The lowest BCUT2D eigenvalue weighted by molar-refractivity contribution is 0.0732. The van der Waals surface area contributed by atoms with Crippen LogP contribution in [0.15, 0.2) is 4.99 Å². The lowest BCUT2D eigenvalue weighted by atomic mass is 9.67.